The van der Waals surface area contributed by atoms with Crippen LogP contribution in [-0.4, -0.2) is 9.97 Å². The van der Waals surface area contributed by atoms with Crippen LogP contribution in [0.1, 0.15) is 0 Å². The van der Waals surface area contributed by atoms with Crippen LogP contribution in [0, 0.1) is 11.6 Å². The monoisotopic (exact) mass is 256 g/mol. The number of aromatic nitrogens is 2. The molecule has 0 radical (unpaired) electrons. The van der Waals surface area contributed by atoms with Gasteiger partial charge in [-0.25, -0.2) is 18.7 Å². The van der Waals surface area contributed by atoms with Crippen molar-refractivity contribution in [3.63, 3.8) is 0 Å². The first-order valence-corrected chi connectivity index (χ1v) is 4.94. The number of halogens is 3. The van der Waals surface area contributed by atoms with Crippen LogP contribution in [0.5, 0.6) is 0 Å². The van der Waals surface area contributed by atoms with E-state index in [9.17, 15) is 8.78 Å². The fourth-order valence-corrected chi connectivity index (χ4v) is 1.34. The number of nitrogens with zero attached hydrogens (tertiary/aromatic N) is 2. The van der Waals surface area contributed by atoms with Crippen LogP contribution in [0.25, 0.3) is 0 Å². The van der Waals surface area contributed by atoms with Gasteiger partial charge < -0.3 is 11.1 Å². The van der Waals surface area contributed by atoms with Gasteiger partial charge in [-0.3, -0.25) is 0 Å². The Bertz CT molecular complexity index is 512. The molecule has 0 aliphatic heterocycles. The highest BCUT2D eigenvalue weighted by Crippen LogP contribution is 2.28. The van der Waals surface area contributed by atoms with E-state index >= 15 is 0 Å². The molecular formula is C10H7ClF2N4. The molecule has 7 heteroatoms. The molecule has 0 saturated heterocycles. The molecule has 0 fully saturated rings. The molecule has 0 aliphatic rings. The predicted octanol–water partition coefficient (Wildman–Crippen LogP) is 2.73. The molecule has 3 N–H and O–H groups in total. The summed E-state index contributed by atoms with van der Waals surface area (Å²) in [6.45, 7) is 0. The van der Waals surface area contributed by atoms with Crippen LogP contribution < -0.4 is 11.1 Å². The molecule has 0 amide bonds. The molecule has 0 unspecified atom stereocenters. The van der Waals surface area contributed by atoms with Crippen molar-refractivity contribution >= 4 is 28.9 Å². The van der Waals surface area contributed by atoms with Crippen LogP contribution in [0.2, 0.25) is 5.02 Å². The number of rotatable bonds is 2. The average Bonchev–Trinajstić information content (AvgIpc) is 2.31. The predicted molar refractivity (Wildman–Crippen MR) is 61.1 cm³/mol. The normalized spacial score (nSPS) is 10.3. The number of hydrogen-bond donors (Lipinski definition) is 2. The van der Waals surface area contributed by atoms with Gasteiger partial charge in [-0.15, -0.1) is 0 Å². The van der Waals surface area contributed by atoms with E-state index in [2.05, 4.69) is 15.3 Å². The van der Waals surface area contributed by atoms with E-state index < -0.39 is 11.6 Å². The maximum absolute atomic E-state index is 13.4. The Morgan fingerprint density at radius 2 is 2.00 bits per heavy atom. The molecule has 0 aliphatic carbocycles. The summed E-state index contributed by atoms with van der Waals surface area (Å²) >= 11 is 5.81. The lowest BCUT2D eigenvalue weighted by atomic mass is 10.3. The molecule has 0 saturated carbocycles. The van der Waals surface area contributed by atoms with Crippen molar-refractivity contribution in [3.05, 3.63) is 41.2 Å². The lowest BCUT2D eigenvalue weighted by Crippen LogP contribution is -2.01. The van der Waals surface area contributed by atoms with Crippen molar-refractivity contribution in [1.29, 1.82) is 0 Å². The number of hydrogen-bond acceptors (Lipinski definition) is 4. The fraction of sp³-hybridized carbons (Fsp3) is 0. The summed E-state index contributed by atoms with van der Waals surface area (Å²) < 4.78 is 26.3. The van der Waals surface area contributed by atoms with Gasteiger partial charge >= 0.3 is 0 Å². The first-order chi connectivity index (χ1) is 8.09. The Balaban J connectivity index is 2.38. The lowest BCUT2D eigenvalue weighted by molar-refractivity contribution is 0.511. The zero-order valence-corrected chi connectivity index (χ0v) is 9.17. The van der Waals surface area contributed by atoms with Gasteiger partial charge in [0, 0.05) is 0 Å². The van der Waals surface area contributed by atoms with Crippen LogP contribution >= 0.6 is 11.6 Å². The van der Waals surface area contributed by atoms with Gasteiger partial charge in [-0.2, -0.15) is 0 Å². The molecule has 1 heterocycles. The maximum Gasteiger partial charge on any atom is 0.182 e. The fourth-order valence-electron chi connectivity index (χ4n) is 1.20. The van der Waals surface area contributed by atoms with Crippen molar-refractivity contribution in [2.45, 2.75) is 0 Å². The molecule has 17 heavy (non-hydrogen) atoms. The summed E-state index contributed by atoms with van der Waals surface area (Å²) in [5.41, 5.74) is 5.37. The van der Waals surface area contributed by atoms with Gasteiger partial charge in [-0.05, 0) is 12.1 Å². The second-order valence-corrected chi connectivity index (χ2v) is 3.53. The Labute approximate surface area is 100 Å². The highest BCUT2D eigenvalue weighted by atomic mass is 35.5. The van der Waals surface area contributed by atoms with Crippen LogP contribution in [-0.2, 0) is 0 Å². The molecule has 1 aromatic heterocycles. The summed E-state index contributed by atoms with van der Waals surface area (Å²) in [6.07, 6.45) is 1.17. The highest BCUT2D eigenvalue weighted by Gasteiger charge is 2.11. The average molecular weight is 257 g/mol. The first kappa shape index (κ1) is 11.5. The van der Waals surface area contributed by atoms with Gasteiger partial charge in [0.05, 0.1) is 5.69 Å². The molecule has 2 aromatic rings. The molecular weight excluding hydrogens is 250 g/mol. The molecule has 88 valence electrons. The minimum Gasteiger partial charge on any atom is -0.382 e. The number of anilines is 3. The van der Waals surface area contributed by atoms with E-state index in [1.165, 1.54) is 18.5 Å². The number of benzene rings is 1. The maximum atomic E-state index is 13.4. The Kier molecular flexibility index (Phi) is 3.06. The van der Waals surface area contributed by atoms with Crippen molar-refractivity contribution < 1.29 is 8.78 Å². The van der Waals surface area contributed by atoms with Crippen molar-refractivity contribution in [2.24, 2.45) is 0 Å². The third-order valence-corrected chi connectivity index (χ3v) is 2.39. The van der Waals surface area contributed by atoms with Crippen molar-refractivity contribution in [1.82, 2.24) is 9.97 Å². The van der Waals surface area contributed by atoms with Crippen LogP contribution in [0.15, 0.2) is 24.5 Å². The van der Waals surface area contributed by atoms with E-state index in [4.69, 9.17) is 17.3 Å². The molecule has 0 spiro atoms. The van der Waals surface area contributed by atoms with Gasteiger partial charge in [0.2, 0.25) is 0 Å². The van der Waals surface area contributed by atoms with Gasteiger partial charge in [0.1, 0.15) is 17.2 Å². The standard InChI is InChI=1S/C10H7ClF2N4/c11-7-9(14)15-4-16-10(7)17-6-3-1-2-5(12)8(6)13/h1-4H,(H3,14,15,16,17). The zero-order valence-electron chi connectivity index (χ0n) is 8.42. The number of nitrogens with one attached hydrogen (secondary N) is 1. The van der Waals surface area contributed by atoms with Crippen LogP contribution in [0.3, 0.4) is 0 Å². The summed E-state index contributed by atoms with van der Waals surface area (Å²) in [7, 11) is 0. The van der Waals surface area contributed by atoms with E-state index in [-0.39, 0.29) is 22.3 Å². The van der Waals surface area contributed by atoms with E-state index in [0.29, 0.717) is 0 Å². The van der Waals surface area contributed by atoms with Gasteiger partial charge in [-0.1, -0.05) is 17.7 Å². The summed E-state index contributed by atoms with van der Waals surface area (Å²) in [4.78, 5) is 7.43. The first-order valence-electron chi connectivity index (χ1n) is 4.56. The lowest BCUT2D eigenvalue weighted by Gasteiger charge is -2.08. The summed E-state index contributed by atoms with van der Waals surface area (Å²) in [5.74, 6) is -1.81. The topological polar surface area (TPSA) is 63.8 Å². The van der Waals surface area contributed by atoms with Crippen molar-refractivity contribution in [3.8, 4) is 0 Å². The second-order valence-electron chi connectivity index (χ2n) is 3.15. The summed E-state index contributed by atoms with van der Waals surface area (Å²) in [5, 5.41) is 2.60. The summed E-state index contributed by atoms with van der Waals surface area (Å²) in [6, 6.07) is 3.72. The highest BCUT2D eigenvalue weighted by molar-refractivity contribution is 6.35. The second kappa shape index (κ2) is 4.50. The van der Waals surface area contributed by atoms with Crippen molar-refractivity contribution in [2.75, 3.05) is 11.1 Å². The Morgan fingerprint density at radius 3 is 2.76 bits per heavy atom. The molecule has 1 aromatic carbocycles. The third-order valence-electron chi connectivity index (χ3n) is 2.02. The Morgan fingerprint density at radius 1 is 1.24 bits per heavy atom. The molecule has 4 nitrogen and oxygen atoms in total. The van der Waals surface area contributed by atoms with E-state index in [1.807, 2.05) is 0 Å². The third kappa shape index (κ3) is 2.26. The smallest absolute Gasteiger partial charge is 0.182 e. The number of nitrogen functional groups attached to an aromatic ring is 1. The molecule has 0 atom stereocenters. The largest absolute Gasteiger partial charge is 0.382 e. The molecule has 0 bridgehead atoms. The SMILES string of the molecule is Nc1ncnc(Nc2cccc(F)c2F)c1Cl. The van der Waals surface area contributed by atoms with E-state index in [0.717, 1.165) is 6.07 Å². The number of nitrogens with two attached hydrogens (primary N) is 1. The van der Waals surface area contributed by atoms with Gasteiger partial charge in [0.15, 0.2) is 17.5 Å². The quantitative estimate of drug-likeness (QED) is 0.867. The minimum absolute atomic E-state index is 0.0520. The van der Waals surface area contributed by atoms with Gasteiger partial charge in [0.25, 0.3) is 0 Å². The van der Waals surface area contributed by atoms with Crippen LogP contribution in [0.4, 0.5) is 26.1 Å². The van der Waals surface area contributed by atoms with E-state index in [1.54, 1.807) is 0 Å². The Hall–Kier alpha value is -1.95. The minimum atomic E-state index is -1.01. The molecule has 2 rings (SSSR count). The zero-order chi connectivity index (χ0) is 12.4.